The van der Waals surface area contributed by atoms with Crippen LogP contribution in [0.25, 0.3) is 0 Å². The zero-order valence-electron chi connectivity index (χ0n) is 7.34. The van der Waals surface area contributed by atoms with E-state index in [1.165, 1.54) is 0 Å². The van der Waals surface area contributed by atoms with Crippen LogP contribution in [0.3, 0.4) is 0 Å². The molecule has 72 valence electrons. The van der Waals surface area contributed by atoms with E-state index in [1.54, 1.807) is 0 Å². The van der Waals surface area contributed by atoms with Crippen LogP contribution in [0.4, 0.5) is 0 Å². The molecule has 1 aliphatic carbocycles. The Morgan fingerprint density at radius 3 is 2.42 bits per heavy atom. The van der Waals surface area contributed by atoms with E-state index in [0.29, 0.717) is 13.0 Å². The van der Waals surface area contributed by atoms with Crippen LogP contribution < -0.4 is 10.5 Å². The topological polar surface area (TPSA) is 72.2 Å². The quantitative estimate of drug-likeness (QED) is 0.634. The summed E-state index contributed by atoms with van der Waals surface area (Å²) in [4.78, 5) is 0. The number of hydrogen-bond donors (Lipinski definition) is 2. The second-order valence-corrected chi connectivity index (χ2v) is 5.25. The Kier molecular flexibility index (Phi) is 2.75. The van der Waals surface area contributed by atoms with E-state index >= 15 is 0 Å². The van der Waals surface area contributed by atoms with E-state index in [4.69, 9.17) is 5.73 Å². The SMILES string of the molecule is CCCS(=O)(=O)NC1(CN)CC1. The molecule has 0 atom stereocenters. The molecular formula is C7H16N2O2S. The highest BCUT2D eigenvalue weighted by Gasteiger charge is 2.44. The number of nitrogens with two attached hydrogens (primary N) is 1. The van der Waals surface area contributed by atoms with Gasteiger partial charge in [0.05, 0.1) is 5.75 Å². The average molecular weight is 192 g/mol. The molecule has 0 amide bonds. The fourth-order valence-electron chi connectivity index (χ4n) is 1.15. The van der Waals surface area contributed by atoms with Crippen molar-refractivity contribution >= 4 is 10.0 Å². The molecule has 1 saturated carbocycles. The summed E-state index contributed by atoms with van der Waals surface area (Å²) in [5.41, 5.74) is 5.16. The zero-order valence-corrected chi connectivity index (χ0v) is 8.15. The molecule has 0 aliphatic heterocycles. The molecule has 0 heterocycles. The first kappa shape index (κ1) is 9.95. The van der Waals surface area contributed by atoms with Crippen molar-refractivity contribution in [2.75, 3.05) is 12.3 Å². The smallest absolute Gasteiger partial charge is 0.212 e. The number of rotatable bonds is 5. The van der Waals surface area contributed by atoms with Crippen molar-refractivity contribution in [2.45, 2.75) is 31.7 Å². The van der Waals surface area contributed by atoms with Crippen LogP contribution in [-0.2, 0) is 10.0 Å². The number of hydrogen-bond acceptors (Lipinski definition) is 3. The summed E-state index contributed by atoms with van der Waals surface area (Å²) in [6, 6.07) is 0. The van der Waals surface area contributed by atoms with E-state index in [9.17, 15) is 8.42 Å². The Morgan fingerprint density at radius 1 is 1.50 bits per heavy atom. The average Bonchev–Trinajstić information content (AvgIpc) is 2.68. The molecule has 0 bridgehead atoms. The van der Waals surface area contributed by atoms with E-state index in [0.717, 1.165) is 12.8 Å². The van der Waals surface area contributed by atoms with Crippen LogP contribution in [0.1, 0.15) is 26.2 Å². The minimum Gasteiger partial charge on any atom is -0.329 e. The molecule has 4 nitrogen and oxygen atoms in total. The van der Waals surface area contributed by atoms with Gasteiger partial charge in [0.1, 0.15) is 0 Å². The molecule has 0 aromatic heterocycles. The maximum Gasteiger partial charge on any atom is 0.212 e. The third-order valence-electron chi connectivity index (χ3n) is 2.09. The van der Waals surface area contributed by atoms with Crippen LogP contribution in [0.2, 0.25) is 0 Å². The van der Waals surface area contributed by atoms with Gasteiger partial charge in [-0.3, -0.25) is 0 Å². The highest BCUT2D eigenvalue weighted by molar-refractivity contribution is 7.89. The van der Waals surface area contributed by atoms with Crippen LogP contribution in [0.5, 0.6) is 0 Å². The Labute approximate surface area is 73.6 Å². The summed E-state index contributed by atoms with van der Waals surface area (Å²) < 4.78 is 25.2. The molecule has 0 unspecified atom stereocenters. The third-order valence-corrected chi connectivity index (χ3v) is 3.78. The van der Waals surface area contributed by atoms with Gasteiger partial charge < -0.3 is 5.73 Å². The van der Waals surface area contributed by atoms with Crippen molar-refractivity contribution in [1.82, 2.24) is 4.72 Å². The first-order valence-corrected chi connectivity index (χ1v) is 5.90. The van der Waals surface area contributed by atoms with Crippen molar-refractivity contribution < 1.29 is 8.42 Å². The molecule has 0 aromatic rings. The molecule has 0 spiro atoms. The maximum absolute atomic E-state index is 11.3. The van der Waals surface area contributed by atoms with Crippen molar-refractivity contribution in [1.29, 1.82) is 0 Å². The van der Waals surface area contributed by atoms with Gasteiger partial charge in [0, 0.05) is 12.1 Å². The van der Waals surface area contributed by atoms with Gasteiger partial charge in [-0.1, -0.05) is 6.92 Å². The lowest BCUT2D eigenvalue weighted by Crippen LogP contribution is -2.43. The summed E-state index contributed by atoms with van der Waals surface area (Å²) in [6.07, 6.45) is 2.41. The maximum atomic E-state index is 11.3. The molecule has 3 N–H and O–H groups in total. The van der Waals surface area contributed by atoms with Gasteiger partial charge in [0.2, 0.25) is 10.0 Å². The summed E-state index contributed by atoms with van der Waals surface area (Å²) in [5.74, 6) is 0.203. The summed E-state index contributed by atoms with van der Waals surface area (Å²) in [7, 11) is -3.07. The molecular weight excluding hydrogens is 176 g/mol. The van der Waals surface area contributed by atoms with Crippen LogP contribution in [0.15, 0.2) is 0 Å². The van der Waals surface area contributed by atoms with Crippen LogP contribution in [0, 0.1) is 0 Å². The predicted molar refractivity (Wildman–Crippen MR) is 48.2 cm³/mol. The van der Waals surface area contributed by atoms with Crippen molar-refractivity contribution in [3.8, 4) is 0 Å². The minimum absolute atomic E-state index is 0.203. The van der Waals surface area contributed by atoms with Crippen LogP contribution >= 0.6 is 0 Å². The predicted octanol–water partition coefficient (Wildman–Crippen LogP) is -0.193. The minimum atomic E-state index is -3.07. The van der Waals surface area contributed by atoms with Gasteiger partial charge in [0.15, 0.2) is 0 Å². The molecule has 5 heteroatoms. The van der Waals surface area contributed by atoms with Crippen molar-refractivity contribution in [3.05, 3.63) is 0 Å². The van der Waals surface area contributed by atoms with E-state index in [1.807, 2.05) is 6.92 Å². The first-order chi connectivity index (χ1) is 5.54. The zero-order chi connectivity index (χ0) is 9.24. The van der Waals surface area contributed by atoms with Crippen molar-refractivity contribution in [3.63, 3.8) is 0 Å². The highest BCUT2D eigenvalue weighted by Crippen LogP contribution is 2.34. The Hall–Kier alpha value is -0.130. The lowest BCUT2D eigenvalue weighted by Gasteiger charge is -2.14. The number of nitrogens with one attached hydrogen (secondary N) is 1. The largest absolute Gasteiger partial charge is 0.329 e. The van der Waals surface area contributed by atoms with E-state index in [-0.39, 0.29) is 11.3 Å². The van der Waals surface area contributed by atoms with Gasteiger partial charge in [-0.25, -0.2) is 13.1 Å². The fraction of sp³-hybridized carbons (Fsp3) is 1.00. The van der Waals surface area contributed by atoms with Gasteiger partial charge in [-0.15, -0.1) is 0 Å². The molecule has 0 aromatic carbocycles. The molecule has 1 fully saturated rings. The van der Waals surface area contributed by atoms with Gasteiger partial charge in [-0.05, 0) is 19.3 Å². The molecule has 0 radical (unpaired) electrons. The Bertz CT molecular complexity index is 244. The lowest BCUT2D eigenvalue weighted by molar-refractivity contribution is 0.544. The number of sulfonamides is 1. The fourth-order valence-corrected chi connectivity index (χ4v) is 2.74. The highest BCUT2D eigenvalue weighted by atomic mass is 32.2. The second-order valence-electron chi connectivity index (χ2n) is 3.41. The standard InChI is InChI=1S/C7H16N2O2S/c1-2-5-12(10,11)9-7(6-8)3-4-7/h9H,2-6,8H2,1H3. The van der Waals surface area contributed by atoms with E-state index in [2.05, 4.69) is 4.72 Å². The van der Waals surface area contributed by atoms with Crippen LogP contribution in [-0.4, -0.2) is 26.3 Å². The molecule has 12 heavy (non-hydrogen) atoms. The third kappa shape index (κ3) is 2.43. The Morgan fingerprint density at radius 2 is 2.08 bits per heavy atom. The van der Waals surface area contributed by atoms with Gasteiger partial charge in [-0.2, -0.15) is 0 Å². The summed E-state index contributed by atoms with van der Waals surface area (Å²) in [6.45, 7) is 2.26. The second kappa shape index (κ2) is 3.32. The normalized spacial score (nSPS) is 20.8. The van der Waals surface area contributed by atoms with Crippen molar-refractivity contribution in [2.24, 2.45) is 5.73 Å². The molecule has 1 aliphatic rings. The summed E-state index contributed by atoms with van der Waals surface area (Å²) in [5, 5.41) is 0. The lowest BCUT2D eigenvalue weighted by atomic mass is 10.3. The van der Waals surface area contributed by atoms with E-state index < -0.39 is 10.0 Å². The van der Waals surface area contributed by atoms with Gasteiger partial charge >= 0.3 is 0 Å². The molecule has 0 saturated heterocycles. The molecule has 1 rings (SSSR count). The monoisotopic (exact) mass is 192 g/mol. The van der Waals surface area contributed by atoms with Gasteiger partial charge in [0.25, 0.3) is 0 Å². The first-order valence-electron chi connectivity index (χ1n) is 4.25. The Balaban J connectivity index is 2.50. The summed E-state index contributed by atoms with van der Waals surface area (Å²) >= 11 is 0.